The van der Waals surface area contributed by atoms with E-state index in [1.807, 2.05) is 13.8 Å². The Hall–Kier alpha value is -1.14. The van der Waals surface area contributed by atoms with E-state index in [1.54, 1.807) is 12.0 Å². The first kappa shape index (κ1) is 14.9. The molecule has 0 heterocycles. The molecule has 2 atom stereocenters. The van der Waals surface area contributed by atoms with Crippen LogP contribution in [0.25, 0.3) is 0 Å². The Bertz CT molecular complexity index is 245. The second-order valence-corrected chi connectivity index (χ2v) is 3.71. The number of hydrogen-bond donors (Lipinski definition) is 2. The lowest BCUT2D eigenvalue weighted by molar-refractivity contribution is -0.137. The molecule has 16 heavy (non-hydrogen) atoms. The van der Waals surface area contributed by atoms with Crippen molar-refractivity contribution in [3.63, 3.8) is 0 Å². The Morgan fingerprint density at radius 2 is 2.00 bits per heavy atom. The number of primary amides is 1. The summed E-state index contributed by atoms with van der Waals surface area (Å²) in [6, 6.07) is -0.932. The number of nitrogens with two attached hydrogens (primary N) is 2. The van der Waals surface area contributed by atoms with Crippen molar-refractivity contribution >= 4 is 11.8 Å². The summed E-state index contributed by atoms with van der Waals surface area (Å²) < 4.78 is 4.97. The Labute approximate surface area is 95.9 Å². The average Bonchev–Trinajstić information content (AvgIpc) is 2.17. The summed E-state index contributed by atoms with van der Waals surface area (Å²) in [5, 5.41) is 0. The van der Waals surface area contributed by atoms with E-state index in [0.717, 1.165) is 0 Å². The molecule has 0 aromatic rings. The first-order valence-corrected chi connectivity index (χ1v) is 5.27. The topological polar surface area (TPSA) is 98.6 Å². The second-order valence-electron chi connectivity index (χ2n) is 3.71. The first-order chi connectivity index (χ1) is 7.43. The van der Waals surface area contributed by atoms with Crippen molar-refractivity contribution in [2.75, 3.05) is 20.3 Å². The average molecular weight is 231 g/mol. The van der Waals surface area contributed by atoms with Gasteiger partial charge in [0.2, 0.25) is 11.8 Å². The van der Waals surface area contributed by atoms with Crippen LogP contribution >= 0.6 is 0 Å². The fourth-order valence-electron chi connectivity index (χ4n) is 1.53. The van der Waals surface area contributed by atoms with Crippen LogP contribution in [0.5, 0.6) is 0 Å². The third-order valence-electron chi connectivity index (χ3n) is 2.30. The van der Waals surface area contributed by atoms with Crippen molar-refractivity contribution in [1.82, 2.24) is 4.90 Å². The van der Waals surface area contributed by atoms with Crippen LogP contribution in [0.3, 0.4) is 0 Å². The van der Waals surface area contributed by atoms with Crippen LogP contribution in [-0.2, 0) is 14.3 Å². The zero-order valence-electron chi connectivity index (χ0n) is 10.1. The van der Waals surface area contributed by atoms with Gasteiger partial charge in [-0.15, -0.1) is 0 Å². The maximum absolute atomic E-state index is 11.9. The number of carbonyl (C=O) groups excluding carboxylic acids is 2. The lowest BCUT2D eigenvalue weighted by Crippen LogP contribution is -2.50. The van der Waals surface area contributed by atoms with Crippen molar-refractivity contribution in [3.05, 3.63) is 0 Å². The highest BCUT2D eigenvalue weighted by atomic mass is 16.5. The normalized spacial score (nSPS) is 14.2. The van der Waals surface area contributed by atoms with E-state index >= 15 is 0 Å². The van der Waals surface area contributed by atoms with Crippen LogP contribution in [-0.4, -0.2) is 49.1 Å². The molecule has 0 aliphatic rings. The third-order valence-corrected chi connectivity index (χ3v) is 2.30. The molecule has 0 aromatic carbocycles. The lowest BCUT2D eigenvalue weighted by Gasteiger charge is -2.29. The van der Waals surface area contributed by atoms with Crippen LogP contribution in [0.4, 0.5) is 0 Å². The molecule has 0 saturated heterocycles. The molecule has 0 fully saturated rings. The van der Waals surface area contributed by atoms with Crippen molar-refractivity contribution in [3.8, 4) is 0 Å². The number of rotatable bonds is 7. The summed E-state index contributed by atoms with van der Waals surface area (Å²) in [7, 11) is 1.57. The van der Waals surface area contributed by atoms with E-state index in [0.29, 0.717) is 13.2 Å². The van der Waals surface area contributed by atoms with Gasteiger partial charge in [0.1, 0.15) is 0 Å². The van der Waals surface area contributed by atoms with E-state index in [4.69, 9.17) is 16.2 Å². The van der Waals surface area contributed by atoms with Gasteiger partial charge in [-0.05, 0) is 13.8 Å². The van der Waals surface area contributed by atoms with E-state index in [1.165, 1.54) is 0 Å². The summed E-state index contributed by atoms with van der Waals surface area (Å²) in [6.07, 6.45) is -0.130. The summed E-state index contributed by atoms with van der Waals surface area (Å²) in [4.78, 5) is 24.1. The number of methoxy groups -OCH3 is 1. The number of carbonyl (C=O) groups is 2. The van der Waals surface area contributed by atoms with Crippen molar-refractivity contribution in [2.45, 2.75) is 32.4 Å². The molecule has 0 aromatic heterocycles. The fraction of sp³-hybridized carbons (Fsp3) is 0.800. The van der Waals surface area contributed by atoms with E-state index in [2.05, 4.69) is 0 Å². The fourth-order valence-corrected chi connectivity index (χ4v) is 1.53. The van der Waals surface area contributed by atoms with Crippen LogP contribution in [0.1, 0.15) is 20.3 Å². The molecule has 6 nitrogen and oxygen atoms in total. The Balaban J connectivity index is 4.45. The third kappa shape index (κ3) is 4.59. The zero-order chi connectivity index (χ0) is 12.7. The SMILES string of the molecule is CCN(C(=O)C(N)CC(N)=O)C(C)COC. The van der Waals surface area contributed by atoms with Crippen molar-refractivity contribution in [2.24, 2.45) is 11.5 Å². The molecule has 0 radical (unpaired) electrons. The van der Waals surface area contributed by atoms with E-state index < -0.39 is 11.9 Å². The minimum absolute atomic E-state index is 0.0681. The first-order valence-electron chi connectivity index (χ1n) is 5.27. The Morgan fingerprint density at radius 3 is 2.38 bits per heavy atom. The second kappa shape index (κ2) is 7.19. The van der Waals surface area contributed by atoms with Crippen molar-refractivity contribution < 1.29 is 14.3 Å². The van der Waals surface area contributed by atoms with Crippen LogP contribution in [0.15, 0.2) is 0 Å². The van der Waals surface area contributed by atoms with Crippen molar-refractivity contribution in [1.29, 1.82) is 0 Å². The minimum atomic E-state index is -0.864. The monoisotopic (exact) mass is 231 g/mol. The van der Waals surface area contributed by atoms with Crippen LogP contribution < -0.4 is 11.5 Å². The summed E-state index contributed by atoms with van der Waals surface area (Å²) >= 11 is 0. The van der Waals surface area contributed by atoms with Gasteiger partial charge >= 0.3 is 0 Å². The Morgan fingerprint density at radius 1 is 1.44 bits per heavy atom. The lowest BCUT2D eigenvalue weighted by atomic mass is 10.1. The van der Waals surface area contributed by atoms with E-state index in [-0.39, 0.29) is 18.4 Å². The molecular weight excluding hydrogens is 210 g/mol. The maximum Gasteiger partial charge on any atom is 0.240 e. The number of hydrogen-bond acceptors (Lipinski definition) is 4. The molecular formula is C10H21N3O3. The molecule has 4 N–H and O–H groups in total. The van der Waals surface area contributed by atoms with E-state index in [9.17, 15) is 9.59 Å². The maximum atomic E-state index is 11.9. The number of nitrogens with zero attached hydrogens (tertiary/aromatic N) is 1. The van der Waals surface area contributed by atoms with Gasteiger partial charge in [0.05, 0.1) is 25.1 Å². The summed E-state index contributed by atoms with van der Waals surface area (Å²) in [5.41, 5.74) is 10.6. The number of ether oxygens (including phenoxy) is 1. The highest BCUT2D eigenvalue weighted by molar-refractivity contribution is 5.87. The minimum Gasteiger partial charge on any atom is -0.383 e. The quantitative estimate of drug-likeness (QED) is 0.591. The molecule has 0 aliphatic heterocycles. The molecule has 2 unspecified atom stereocenters. The standard InChI is InChI=1S/C10H21N3O3/c1-4-13(7(2)6-16-3)10(15)8(11)5-9(12)14/h7-8H,4-6,11H2,1-3H3,(H2,12,14). The molecule has 94 valence electrons. The van der Waals surface area contributed by atoms with Gasteiger partial charge in [-0.2, -0.15) is 0 Å². The molecule has 0 bridgehead atoms. The highest BCUT2D eigenvalue weighted by Gasteiger charge is 2.24. The smallest absolute Gasteiger partial charge is 0.240 e. The Kier molecular flexibility index (Phi) is 6.67. The van der Waals surface area contributed by atoms with Gasteiger partial charge in [-0.1, -0.05) is 0 Å². The number of likely N-dealkylation sites (N-methyl/N-ethyl adjacent to an activating group) is 1. The number of amides is 2. The summed E-state index contributed by atoms with van der Waals surface area (Å²) in [5.74, 6) is -0.845. The van der Waals surface area contributed by atoms with Crippen LogP contribution in [0, 0.1) is 0 Å². The van der Waals surface area contributed by atoms with Gasteiger partial charge < -0.3 is 21.1 Å². The predicted octanol–water partition coefficient (Wildman–Crippen LogP) is -0.927. The molecule has 0 aliphatic carbocycles. The summed E-state index contributed by atoms with van der Waals surface area (Å²) in [6.45, 7) is 4.67. The molecule has 6 heteroatoms. The van der Waals surface area contributed by atoms with Gasteiger partial charge in [0, 0.05) is 13.7 Å². The highest BCUT2D eigenvalue weighted by Crippen LogP contribution is 2.04. The predicted molar refractivity (Wildman–Crippen MR) is 60.5 cm³/mol. The van der Waals surface area contributed by atoms with Gasteiger partial charge in [-0.25, -0.2) is 0 Å². The van der Waals surface area contributed by atoms with Gasteiger partial charge in [0.25, 0.3) is 0 Å². The molecule has 0 spiro atoms. The largest absolute Gasteiger partial charge is 0.383 e. The molecule has 2 amide bonds. The zero-order valence-corrected chi connectivity index (χ0v) is 10.1. The van der Waals surface area contributed by atoms with Crippen LogP contribution in [0.2, 0.25) is 0 Å². The molecule has 0 rings (SSSR count). The molecule has 0 saturated carbocycles. The van der Waals surface area contributed by atoms with Gasteiger partial charge in [-0.3, -0.25) is 9.59 Å². The van der Waals surface area contributed by atoms with Gasteiger partial charge in [0.15, 0.2) is 0 Å².